The van der Waals surface area contributed by atoms with Gasteiger partial charge in [-0.3, -0.25) is 0 Å². The molecule has 0 aromatic heterocycles. The van der Waals surface area contributed by atoms with Crippen molar-refractivity contribution in [2.75, 3.05) is 7.11 Å². The highest BCUT2D eigenvalue weighted by Gasteiger charge is 2.50. The van der Waals surface area contributed by atoms with Crippen LogP contribution in [0.2, 0.25) is 5.54 Å². The average Bonchev–Trinajstić information content (AvgIpc) is 2.45. The first-order valence-corrected chi connectivity index (χ1v) is 5.60. The summed E-state index contributed by atoms with van der Waals surface area (Å²) in [5.74, 6) is 1.25. The van der Waals surface area contributed by atoms with Crippen molar-refractivity contribution in [3.63, 3.8) is 0 Å². The van der Waals surface area contributed by atoms with Gasteiger partial charge in [0.1, 0.15) is 0 Å². The largest absolute Gasteiger partial charge is 0.390 e. The van der Waals surface area contributed by atoms with Gasteiger partial charge in [-0.05, 0) is 30.2 Å². The molecule has 0 amide bonds. The van der Waals surface area contributed by atoms with Gasteiger partial charge in [-0.2, -0.15) is 0 Å². The quantitative estimate of drug-likeness (QED) is 0.543. The summed E-state index contributed by atoms with van der Waals surface area (Å²) in [7, 11) is 2.99. The molecule has 0 heterocycles. The summed E-state index contributed by atoms with van der Waals surface area (Å²) < 4.78 is 5.30. The van der Waals surface area contributed by atoms with Gasteiger partial charge in [0.2, 0.25) is 0 Å². The fourth-order valence-electron chi connectivity index (χ4n) is 2.90. The summed E-state index contributed by atoms with van der Waals surface area (Å²) in [6, 6.07) is 0. The van der Waals surface area contributed by atoms with Crippen LogP contribution in [0.1, 0.15) is 12.8 Å². The van der Waals surface area contributed by atoms with E-state index >= 15 is 0 Å². The Labute approximate surface area is 70.4 Å². The lowest BCUT2D eigenvalue weighted by Crippen LogP contribution is -2.36. The van der Waals surface area contributed by atoms with Gasteiger partial charge in [-0.25, -0.2) is 0 Å². The smallest absolute Gasteiger partial charge is 0.0860 e. The number of rotatable bonds is 1. The first-order chi connectivity index (χ1) is 5.24. The predicted octanol–water partition coefficient (Wildman–Crippen LogP) is -0.444. The zero-order chi connectivity index (χ0) is 8.01. The lowest BCUT2D eigenvalue weighted by molar-refractivity contribution is -0.0422. The van der Waals surface area contributed by atoms with Gasteiger partial charge in [0.15, 0.2) is 0 Å². The van der Waals surface area contributed by atoms with E-state index in [0.29, 0.717) is 11.8 Å². The molecule has 2 rings (SSSR count). The van der Waals surface area contributed by atoms with Gasteiger partial charge in [0.05, 0.1) is 12.2 Å². The first kappa shape index (κ1) is 7.77. The van der Waals surface area contributed by atoms with E-state index in [0.717, 1.165) is 5.54 Å². The van der Waals surface area contributed by atoms with Crippen LogP contribution in [0.3, 0.4) is 0 Å². The van der Waals surface area contributed by atoms with Crippen molar-refractivity contribution in [2.24, 2.45) is 11.8 Å². The summed E-state index contributed by atoms with van der Waals surface area (Å²) in [4.78, 5) is 0. The zero-order valence-electron chi connectivity index (χ0n) is 7.16. The molecule has 0 radical (unpaired) electrons. The molecule has 0 aromatic rings. The number of ether oxygens (including phenoxy) is 1. The first-order valence-electron chi connectivity index (χ1n) is 4.45. The standard InChI is InChI=1S/C8H16O2Si/c1-10-8-5-2-4(7(8)9)3-6(5)11/h4-9H,2-3H2,1,11H3. The van der Waals surface area contributed by atoms with Gasteiger partial charge in [0, 0.05) is 17.4 Å². The zero-order valence-corrected chi connectivity index (χ0v) is 9.16. The van der Waals surface area contributed by atoms with Crippen molar-refractivity contribution in [1.29, 1.82) is 0 Å². The molecular formula is C8H16O2Si. The van der Waals surface area contributed by atoms with E-state index in [1.54, 1.807) is 7.11 Å². The molecule has 0 spiro atoms. The van der Waals surface area contributed by atoms with Crippen LogP contribution in [0.25, 0.3) is 0 Å². The minimum Gasteiger partial charge on any atom is -0.390 e. The number of hydrogen-bond donors (Lipinski definition) is 1. The number of methoxy groups -OCH3 is 1. The van der Waals surface area contributed by atoms with Crippen molar-refractivity contribution in [3.8, 4) is 0 Å². The van der Waals surface area contributed by atoms with E-state index in [1.807, 2.05) is 0 Å². The lowest BCUT2D eigenvalue weighted by atomic mass is 9.94. The second kappa shape index (κ2) is 2.57. The molecule has 2 bridgehead atoms. The molecule has 0 aliphatic heterocycles. The van der Waals surface area contributed by atoms with Gasteiger partial charge < -0.3 is 9.84 Å². The number of fused-ring (bicyclic) bond motifs is 2. The molecule has 2 saturated carbocycles. The Bertz CT molecular complexity index is 162. The molecule has 64 valence electrons. The summed E-state index contributed by atoms with van der Waals surface area (Å²) in [6.07, 6.45) is 2.48. The number of aliphatic hydroxyl groups is 1. The van der Waals surface area contributed by atoms with Crippen LogP contribution in [0.15, 0.2) is 0 Å². The summed E-state index contributed by atoms with van der Waals surface area (Å²) >= 11 is 0. The topological polar surface area (TPSA) is 29.5 Å². The molecule has 2 nitrogen and oxygen atoms in total. The molecule has 2 fully saturated rings. The van der Waals surface area contributed by atoms with Crippen molar-refractivity contribution in [2.45, 2.75) is 30.6 Å². The Hall–Kier alpha value is 0.137. The van der Waals surface area contributed by atoms with Crippen LogP contribution in [-0.2, 0) is 4.74 Å². The molecule has 0 aromatic carbocycles. The molecule has 3 heteroatoms. The van der Waals surface area contributed by atoms with E-state index in [2.05, 4.69) is 0 Å². The summed E-state index contributed by atoms with van der Waals surface area (Å²) in [5, 5.41) is 9.69. The second-order valence-corrected chi connectivity index (χ2v) is 5.55. The van der Waals surface area contributed by atoms with E-state index in [9.17, 15) is 5.11 Å². The summed E-state index contributed by atoms with van der Waals surface area (Å²) in [6.45, 7) is 0. The van der Waals surface area contributed by atoms with Crippen LogP contribution in [0, 0.1) is 11.8 Å². The number of hydrogen-bond acceptors (Lipinski definition) is 2. The molecule has 11 heavy (non-hydrogen) atoms. The Balaban J connectivity index is 2.13. The van der Waals surface area contributed by atoms with Crippen LogP contribution in [0.4, 0.5) is 0 Å². The van der Waals surface area contributed by atoms with Crippen molar-refractivity contribution >= 4 is 10.2 Å². The Kier molecular flexibility index (Phi) is 1.82. The van der Waals surface area contributed by atoms with Crippen molar-refractivity contribution < 1.29 is 9.84 Å². The highest BCUT2D eigenvalue weighted by Crippen LogP contribution is 2.51. The maximum absolute atomic E-state index is 9.69. The molecular weight excluding hydrogens is 156 g/mol. The second-order valence-electron chi connectivity index (χ2n) is 4.06. The molecule has 2 aliphatic carbocycles. The SMILES string of the molecule is COC1C(O)C2CC([SiH3])C1C2. The molecule has 5 atom stereocenters. The normalized spacial score (nSPS) is 55.6. The van der Waals surface area contributed by atoms with E-state index in [1.165, 1.54) is 23.1 Å². The van der Waals surface area contributed by atoms with Crippen molar-refractivity contribution in [1.82, 2.24) is 0 Å². The maximum atomic E-state index is 9.69. The number of aliphatic hydroxyl groups excluding tert-OH is 1. The van der Waals surface area contributed by atoms with E-state index in [4.69, 9.17) is 4.74 Å². The highest BCUT2D eigenvalue weighted by atomic mass is 28.1. The molecule has 5 unspecified atom stereocenters. The molecule has 1 N–H and O–H groups in total. The maximum Gasteiger partial charge on any atom is 0.0860 e. The third-order valence-corrected chi connectivity index (χ3v) is 4.82. The Morgan fingerprint density at radius 2 is 2.18 bits per heavy atom. The van der Waals surface area contributed by atoms with Gasteiger partial charge in [-0.15, -0.1) is 0 Å². The fourth-order valence-corrected chi connectivity index (χ4v) is 4.16. The molecule has 0 saturated heterocycles. The predicted molar refractivity (Wildman–Crippen MR) is 46.7 cm³/mol. The van der Waals surface area contributed by atoms with Crippen LogP contribution < -0.4 is 0 Å². The van der Waals surface area contributed by atoms with Gasteiger partial charge in [-0.1, -0.05) is 0 Å². The Morgan fingerprint density at radius 1 is 1.45 bits per heavy atom. The fraction of sp³-hybridized carbons (Fsp3) is 1.00. The van der Waals surface area contributed by atoms with Crippen LogP contribution in [-0.4, -0.2) is 34.7 Å². The van der Waals surface area contributed by atoms with Crippen LogP contribution >= 0.6 is 0 Å². The third kappa shape index (κ3) is 0.982. The van der Waals surface area contributed by atoms with E-state index in [-0.39, 0.29) is 12.2 Å². The van der Waals surface area contributed by atoms with Gasteiger partial charge in [0.25, 0.3) is 0 Å². The monoisotopic (exact) mass is 172 g/mol. The Morgan fingerprint density at radius 3 is 2.64 bits per heavy atom. The average molecular weight is 172 g/mol. The molecule has 2 aliphatic rings. The third-order valence-electron chi connectivity index (χ3n) is 3.49. The minimum absolute atomic E-state index is 0.157. The van der Waals surface area contributed by atoms with Gasteiger partial charge >= 0.3 is 0 Å². The van der Waals surface area contributed by atoms with Crippen LogP contribution in [0.5, 0.6) is 0 Å². The highest BCUT2D eigenvalue weighted by molar-refractivity contribution is 6.12. The minimum atomic E-state index is -0.157. The summed E-state index contributed by atoms with van der Waals surface area (Å²) in [5.41, 5.74) is 0.897. The van der Waals surface area contributed by atoms with Crippen molar-refractivity contribution in [3.05, 3.63) is 0 Å². The lowest BCUT2D eigenvalue weighted by Gasteiger charge is -2.29. The van der Waals surface area contributed by atoms with E-state index < -0.39 is 0 Å².